The Morgan fingerprint density at radius 2 is 0.902 bits per heavy atom. The van der Waals surface area contributed by atoms with Crippen molar-refractivity contribution in [3.05, 3.63) is 194 Å². The van der Waals surface area contributed by atoms with Gasteiger partial charge in [-0.3, -0.25) is 0 Å². The lowest BCUT2D eigenvalue weighted by Gasteiger charge is -2.26. The highest BCUT2D eigenvalue weighted by Crippen LogP contribution is 2.42. The average molecular weight is 669 g/mol. The molecule has 0 aliphatic carbocycles. The molecule has 2 aromatic heterocycles. The van der Waals surface area contributed by atoms with E-state index in [2.05, 4.69) is 204 Å². The van der Waals surface area contributed by atoms with E-state index in [0.717, 1.165) is 17.1 Å². The minimum Gasteiger partial charge on any atom is -0.310 e. The van der Waals surface area contributed by atoms with E-state index in [1.807, 2.05) is 11.3 Å². The van der Waals surface area contributed by atoms with Crippen LogP contribution in [0.2, 0.25) is 0 Å². The summed E-state index contributed by atoms with van der Waals surface area (Å²) in [4.78, 5) is 2.37. The number of thiophene rings is 1. The van der Waals surface area contributed by atoms with Crippen LogP contribution in [0.25, 0.3) is 69.9 Å². The number of para-hydroxylation sites is 3. The lowest BCUT2D eigenvalue weighted by molar-refractivity contribution is 1.18. The highest BCUT2D eigenvalue weighted by atomic mass is 32.1. The molecule has 2 nitrogen and oxygen atoms in total. The highest BCUT2D eigenvalue weighted by molar-refractivity contribution is 7.25. The summed E-state index contributed by atoms with van der Waals surface area (Å²) < 4.78 is 5.00. The summed E-state index contributed by atoms with van der Waals surface area (Å²) in [5.74, 6) is 0. The van der Waals surface area contributed by atoms with Crippen molar-refractivity contribution in [3.63, 3.8) is 0 Å². The average Bonchev–Trinajstić information content (AvgIpc) is 3.74. The van der Waals surface area contributed by atoms with Crippen molar-refractivity contribution in [3.8, 4) is 27.9 Å². The first-order valence-corrected chi connectivity index (χ1v) is 18.2. The third kappa shape index (κ3) is 5.10. The first-order valence-electron chi connectivity index (χ1n) is 17.3. The Balaban J connectivity index is 1.07. The molecule has 0 N–H and O–H groups in total. The molecule has 0 aliphatic heterocycles. The second-order valence-corrected chi connectivity index (χ2v) is 14.1. The molecule has 0 spiro atoms. The predicted octanol–water partition coefficient (Wildman–Crippen LogP) is 14.0. The van der Waals surface area contributed by atoms with Crippen molar-refractivity contribution in [1.29, 1.82) is 0 Å². The molecule has 240 valence electrons. The second-order valence-electron chi connectivity index (χ2n) is 13.0. The number of hydrogen-bond donors (Lipinski definition) is 0. The number of fused-ring (bicyclic) bond motifs is 6. The summed E-state index contributed by atoms with van der Waals surface area (Å²) in [5.41, 5.74) is 11.8. The van der Waals surface area contributed by atoms with Crippen LogP contribution in [-0.4, -0.2) is 4.57 Å². The van der Waals surface area contributed by atoms with Crippen LogP contribution in [0.3, 0.4) is 0 Å². The van der Waals surface area contributed by atoms with Gasteiger partial charge in [0.25, 0.3) is 0 Å². The highest BCUT2D eigenvalue weighted by Gasteiger charge is 2.17. The predicted molar refractivity (Wildman–Crippen MR) is 219 cm³/mol. The fourth-order valence-electron chi connectivity index (χ4n) is 7.59. The minimum atomic E-state index is 1.12. The standard InChI is InChI=1S/C48H32N2S/c1-3-16-37(17-4-1)49(40-26-28-44-43-22-8-10-24-47(43)51-48(44)32-40)39-20-12-15-35(30-39)33-13-11-14-34(29-33)36-25-27-42-41-21-7-9-23-45(41)50(46(42)31-36)38-18-5-2-6-19-38/h1-32H. The van der Waals surface area contributed by atoms with Crippen LogP contribution in [0.4, 0.5) is 17.1 Å². The van der Waals surface area contributed by atoms with Crippen molar-refractivity contribution in [2.75, 3.05) is 4.90 Å². The second kappa shape index (κ2) is 12.2. The fraction of sp³-hybridized carbons (Fsp3) is 0. The van der Waals surface area contributed by atoms with E-state index in [-0.39, 0.29) is 0 Å². The number of benzene rings is 8. The van der Waals surface area contributed by atoms with Crippen molar-refractivity contribution in [2.24, 2.45) is 0 Å². The van der Waals surface area contributed by atoms with Gasteiger partial charge in [-0.2, -0.15) is 0 Å². The molecule has 10 aromatic rings. The lowest BCUT2D eigenvalue weighted by Crippen LogP contribution is -2.09. The Kier molecular flexibility index (Phi) is 7.04. The van der Waals surface area contributed by atoms with Gasteiger partial charge in [-0.1, -0.05) is 121 Å². The van der Waals surface area contributed by atoms with E-state index in [1.165, 1.54) is 69.9 Å². The molecule has 51 heavy (non-hydrogen) atoms. The molecule has 0 saturated heterocycles. The maximum atomic E-state index is 2.38. The molecular formula is C48H32N2S. The Hall–Kier alpha value is -6.42. The van der Waals surface area contributed by atoms with Gasteiger partial charge in [0.1, 0.15) is 0 Å². The molecule has 2 heterocycles. The van der Waals surface area contributed by atoms with Crippen LogP contribution in [-0.2, 0) is 0 Å². The maximum absolute atomic E-state index is 2.38. The maximum Gasteiger partial charge on any atom is 0.0547 e. The van der Waals surface area contributed by atoms with E-state index in [1.54, 1.807) is 0 Å². The summed E-state index contributed by atoms with van der Waals surface area (Å²) in [6.45, 7) is 0. The van der Waals surface area contributed by atoms with E-state index in [9.17, 15) is 0 Å². The van der Waals surface area contributed by atoms with E-state index >= 15 is 0 Å². The van der Waals surface area contributed by atoms with E-state index in [0.29, 0.717) is 0 Å². The Morgan fingerprint density at radius 3 is 1.73 bits per heavy atom. The number of nitrogens with zero attached hydrogens (tertiary/aromatic N) is 2. The zero-order valence-electron chi connectivity index (χ0n) is 27.8. The van der Waals surface area contributed by atoms with Gasteiger partial charge in [-0.25, -0.2) is 0 Å². The lowest BCUT2D eigenvalue weighted by atomic mass is 9.97. The van der Waals surface area contributed by atoms with Gasteiger partial charge in [-0.15, -0.1) is 11.3 Å². The number of anilines is 3. The third-order valence-electron chi connectivity index (χ3n) is 9.96. The molecule has 0 unspecified atom stereocenters. The van der Waals surface area contributed by atoms with Crippen LogP contribution in [0.1, 0.15) is 0 Å². The van der Waals surface area contributed by atoms with Gasteiger partial charge in [0.05, 0.1) is 11.0 Å². The SMILES string of the molecule is c1ccc(N(c2cccc(-c3cccc(-c4ccc5c6ccccc6n(-c6ccccc6)c5c4)c3)c2)c2ccc3c(c2)sc2ccccc23)cc1. The topological polar surface area (TPSA) is 8.17 Å². The van der Waals surface area contributed by atoms with Crippen LogP contribution >= 0.6 is 11.3 Å². The fourth-order valence-corrected chi connectivity index (χ4v) is 8.73. The molecule has 0 atom stereocenters. The Bertz CT molecular complexity index is 2860. The van der Waals surface area contributed by atoms with Crippen molar-refractivity contribution < 1.29 is 0 Å². The van der Waals surface area contributed by atoms with Crippen LogP contribution < -0.4 is 4.90 Å². The quantitative estimate of drug-likeness (QED) is 0.171. The van der Waals surface area contributed by atoms with Gasteiger partial charge in [0, 0.05) is 53.7 Å². The molecule has 0 radical (unpaired) electrons. The third-order valence-corrected chi connectivity index (χ3v) is 11.1. The van der Waals surface area contributed by atoms with Gasteiger partial charge in [0.15, 0.2) is 0 Å². The molecule has 8 aromatic carbocycles. The summed E-state index contributed by atoms with van der Waals surface area (Å²) in [5, 5.41) is 5.15. The zero-order chi connectivity index (χ0) is 33.7. The van der Waals surface area contributed by atoms with Crippen LogP contribution in [0.5, 0.6) is 0 Å². The molecular weight excluding hydrogens is 637 g/mol. The summed E-state index contributed by atoms with van der Waals surface area (Å²) in [6, 6.07) is 70.4. The summed E-state index contributed by atoms with van der Waals surface area (Å²) >= 11 is 1.86. The number of hydrogen-bond acceptors (Lipinski definition) is 2. The van der Waals surface area contributed by atoms with Gasteiger partial charge < -0.3 is 9.47 Å². The molecule has 3 heteroatoms. The smallest absolute Gasteiger partial charge is 0.0547 e. The molecule has 0 saturated carbocycles. The normalized spacial score (nSPS) is 11.5. The zero-order valence-corrected chi connectivity index (χ0v) is 28.6. The van der Waals surface area contributed by atoms with Crippen LogP contribution in [0, 0.1) is 0 Å². The summed E-state index contributed by atoms with van der Waals surface area (Å²) in [6.07, 6.45) is 0. The number of rotatable bonds is 6. The minimum absolute atomic E-state index is 1.12. The number of aromatic nitrogens is 1. The molecule has 0 aliphatic rings. The molecule has 0 amide bonds. The van der Waals surface area contributed by atoms with Crippen LogP contribution in [0.15, 0.2) is 194 Å². The molecule has 0 bridgehead atoms. The van der Waals surface area contributed by atoms with Gasteiger partial charge >= 0.3 is 0 Å². The Labute approximate surface area is 300 Å². The summed E-state index contributed by atoms with van der Waals surface area (Å²) in [7, 11) is 0. The van der Waals surface area contributed by atoms with E-state index in [4.69, 9.17) is 0 Å². The van der Waals surface area contributed by atoms with Crippen molar-refractivity contribution >= 4 is 70.4 Å². The first kappa shape index (κ1) is 29.5. The first-order chi connectivity index (χ1) is 25.3. The molecule has 10 rings (SSSR count). The molecule has 0 fully saturated rings. The van der Waals surface area contributed by atoms with Crippen molar-refractivity contribution in [2.45, 2.75) is 0 Å². The van der Waals surface area contributed by atoms with Gasteiger partial charge in [0.2, 0.25) is 0 Å². The largest absolute Gasteiger partial charge is 0.310 e. The van der Waals surface area contributed by atoms with Gasteiger partial charge in [-0.05, 0) is 95.1 Å². The van der Waals surface area contributed by atoms with E-state index < -0.39 is 0 Å². The Morgan fingerprint density at radius 1 is 0.333 bits per heavy atom. The monoisotopic (exact) mass is 668 g/mol. The van der Waals surface area contributed by atoms with Crippen molar-refractivity contribution in [1.82, 2.24) is 4.57 Å².